The molecule has 4 rings (SSSR count). The van der Waals surface area contributed by atoms with Gasteiger partial charge in [-0.15, -0.1) is 0 Å². The molecule has 28 heavy (non-hydrogen) atoms. The first-order valence-electron chi connectivity index (χ1n) is 8.05. The summed E-state index contributed by atoms with van der Waals surface area (Å²) in [5.74, 6) is -0.139. The van der Waals surface area contributed by atoms with E-state index >= 15 is 0 Å². The Balaban J connectivity index is 1.88. The summed E-state index contributed by atoms with van der Waals surface area (Å²) in [5.41, 5.74) is 2.41. The molecule has 0 saturated carbocycles. The van der Waals surface area contributed by atoms with Gasteiger partial charge in [0, 0.05) is 0 Å². The van der Waals surface area contributed by atoms with Crippen LogP contribution in [0.5, 0.6) is 5.75 Å². The van der Waals surface area contributed by atoms with Crippen LogP contribution in [0.4, 0.5) is 8.78 Å². The van der Waals surface area contributed by atoms with E-state index in [1.807, 2.05) is 22.7 Å². The maximum absolute atomic E-state index is 12.9. The van der Waals surface area contributed by atoms with E-state index in [2.05, 4.69) is 20.9 Å². The van der Waals surface area contributed by atoms with E-state index in [0.29, 0.717) is 19.6 Å². The van der Waals surface area contributed by atoms with Crippen molar-refractivity contribution in [2.45, 2.75) is 12.5 Å². The molecule has 3 aromatic rings. The summed E-state index contributed by atoms with van der Waals surface area (Å²) >= 11 is 7.38. The number of rotatable bonds is 5. The van der Waals surface area contributed by atoms with Crippen molar-refractivity contribution in [1.29, 1.82) is 5.26 Å². The number of nitriles is 1. The van der Waals surface area contributed by atoms with Crippen LogP contribution >= 0.6 is 47.8 Å². The number of hydrogen-bond acceptors (Lipinski definition) is 4. The third-order valence-electron chi connectivity index (χ3n) is 4.28. The zero-order chi connectivity index (χ0) is 19.8. The fourth-order valence-corrected chi connectivity index (χ4v) is 8.93. The number of halogens is 5. The minimum absolute atomic E-state index is 0.00108. The summed E-state index contributed by atoms with van der Waals surface area (Å²) in [6.45, 7) is -2.94. The number of ether oxygens (including phenoxy) is 1. The van der Waals surface area contributed by atoms with E-state index in [1.165, 1.54) is 12.1 Å². The Hall–Kier alpha value is -1.48. The molecule has 3 heterocycles. The monoisotopic (exact) mass is 581 g/mol. The molecule has 1 aromatic carbocycles. The standard InChI is InChI=1S/C18H12BrClF2IN3O2/c19-16-9-26-11(8-25-16)6-14-17(26)13(7-23(14)27-4-3-24)12-5-10(20)1-2-15(12)28-18(21)22/h1-2,5-6,8-9,13,18H,4,7H2/t13-/m1/s1. The average Bonchev–Trinajstić information content (AvgIpc) is 3.18. The van der Waals surface area contributed by atoms with Crippen molar-refractivity contribution in [2.75, 3.05) is 11.0 Å². The minimum atomic E-state index is -2.94. The van der Waals surface area contributed by atoms with Crippen LogP contribution in [0.1, 0.15) is 17.2 Å². The van der Waals surface area contributed by atoms with E-state index in [4.69, 9.17) is 24.7 Å². The summed E-state index contributed by atoms with van der Waals surface area (Å²) < 4.78 is 40.8. The summed E-state index contributed by atoms with van der Waals surface area (Å²) in [5, 5.41) is 9.36. The van der Waals surface area contributed by atoms with Gasteiger partial charge in [0.25, 0.3) is 0 Å². The molecule has 0 spiro atoms. The van der Waals surface area contributed by atoms with Gasteiger partial charge < -0.3 is 0 Å². The van der Waals surface area contributed by atoms with Crippen LogP contribution in [0.2, 0.25) is 5.02 Å². The van der Waals surface area contributed by atoms with E-state index < -0.39 is 26.8 Å². The second-order valence-electron chi connectivity index (χ2n) is 5.88. The molecule has 0 unspecified atom stereocenters. The number of fused-ring (bicyclic) bond motifs is 3. The molecule has 0 bridgehead atoms. The van der Waals surface area contributed by atoms with Crippen LogP contribution in [0.3, 0.4) is 0 Å². The molecule has 0 amide bonds. The third kappa shape index (κ3) is 3.70. The second-order valence-corrected chi connectivity index (χ2v) is 11.6. The molecule has 2 aromatic heterocycles. The molecule has 146 valence electrons. The molecule has 0 N–H and O–H groups in total. The van der Waals surface area contributed by atoms with Gasteiger partial charge in [-0.2, -0.15) is 0 Å². The van der Waals surface area contributed by atoms with Gasteiger partial charge in [0.15, 0.2) is 0 Å². The number of alkyl halides is 3. The Morgan fingerprint density at radius 2 is 2.25 bits per heavy atom. The molecule has 0 fully saturated rings. The van der Waals surface area contributed by atoms with Crippen molar-refractivity contribution >= 4 is 53.3 Å². The third-order valence-corrected chi connectivity index (χ3v) is 9.83. The Morgan fingerprint density at radius 3 is 3.00 bits per heavy atom. The predicted molar refractivity (Wildman–Crippen MR) is 112 cm³/mol. The summed E-state index contributed by atoms with van der Waals surface area (Å²) in [4.78, 5) is 4.25. The van der Waals surface area contributed by atoms with Gasteiger partial charge in [0.05, 0.1) is 0 Å². The van der Waals surface area contributed by atoms with Crippen LogP contribution < -0.4 is 4.74 Å². The summed E-state index contributed by atoms with van der Waals surface area (Å²) in [6, 6.07) is 8.67. The fourth-order valence-electron chi connectivity index (χ4n) is 3.26. The average molecular weight is 583 g/mol. The Kier molecular flexibility index (Phi) is 5.73. The Morgan fingerprint density at radius 1 is 1.43 bits per heavy atom. The van der Waals surface area contributed by atoms with E-state index in [1.54, 1.807) is 12.3 Å². The van der Waals surface area contributed by atoms with Crippen molar-refractivity contribution in [3.8, 4) is 11.8 Å². The zero-order valence-corrected chi connectivity index (χ0v) is 18.6. The van der Waals surface area contributed by atoms with Gasteiger partial charge in [-0.3, -0.25) is 0 Å². The van der Waals surface area contributed by atoms with Crippen molar-refractivity contribution in [3.05, 3.63) is 61.1 Å². The maximum atomic E-state index is 12.9. The normalized spacial score (nSPS) is 17.1. The van der Waals surface area contributed by atoms with Crippen LogP contribution in [-0.4, -0.2) is 27.0 Å². The van der Waals surface area contributed by atoms with Crippen LogP contribution in [0.25, 0.3) is 5.52 Å². The van der Waals surface area contributed by atoms with Gasteiger partial charge in [-0.1, -0.05) is 0 Å². The molecule has 0 saturated heterocycles. The zero-order valence-electron chi connectivity index (χ0n) is 14.1. The summed E-state index contributed by atoms with van der Waals surface area (Å²) in [7, 11) is 0. The van der Waals surface area contributed by atoms with Gasteiger partial charge in [-0.25, -0.2) is 0 Å². The number of benzene rings is 1. The van der Waals surface area contributed by atoms with Crippen LogP contribution in [-0.2, 0) is 3.07 Å². The number of nitrogens with zero attached hydrogens (tertiary/aromatic N) is 3. The first-order valence-corrected chi connectivity index (χ1v) is 12.7. The topological polar surface area (TPSA) is 59.5 Å². The van der Waals surface area contributed by atoms with Gasteiger partial charge >= 0.3 is 181 Å². The van der Waals surface area contributed by atoms with Crippen molar-refractivity contribution in [3.63, 3.8) is 0 Å². The molecule has 1 aliphatic rings. The first kappa shape index (κ1) is 19.8. The van der Waals surface area contributed by atoms with Crippen molar-refractivity contribution in [1.82, 2.24) is 9.38 Å². The quantitative estimate of drug-likeness (QED) is 0.289. The second kappa shape index (κ2) is 8.10. The Bertz CT molecular complexity index is 1090. The molecule has 5 nitrogen and oxygen atoms in total. The Labute approximate surface area is 180 Å². The molecule has 1 atom stereocenters. The molecule has 1 aliphatic heterocycles. The van der Waals surface area contributed by atoms with Crippen LogP contribution in [0.15, 0.2) is 41.3 Å². The molecule has 0 radical (unpaired) electrons. The number of hydrogen-bond donors (Lipinski definition) is 0. The van der Waals surface area contributed by atoms with Gasteiger partial charge in [0.1, 0.15) is 0 Å². The number of aromatic nitrogens is 2. The van der Waals surface area contributed by atoms with Gasteiger partial charge in [0.2, 0.25) is 0 Å². The van der Waals surface area contributed by atoms with E-state index in [9.17, 15) is 8.78 Å². The predicted octanol–water partition coefficient (Wildman–Crippen LogP) is 5.63. The van der Waals surface area contributed by atoms with Crippen molar-refractivity contribution < 1.29 is 16.6 Å². The first-order chi connectivity index (χ1) is 13.5. The van der Waals surface area contributed by atoms with E-state index in [0.717, 1.165) is 14.8 Å². The SMILES string of the molecule is N#CCOI1C[C@H](c2cc(Cl)ccc2OC(F)F)c2c1cc1cnc(Br)cn21. The molecular formula is C18H12BrClF2IN3O2. The van der Waals surface area contributed by atoms with E-state index in [-0.39, 0.29) is 18.3 Å². The van der Waals surface area contributed by atoms with Gasteiger partial charge in [-0.05, 0) is 0 Å². The molecular weight excluding hydrogens is 570 g/mol. The van der Waals surface area contributed by atoms with Crippen molar-refractivity contribution in [2.24, 2.45) is 0 Å². The van der Waals surface area contributed by atoms with Crippen LogP contribution in [0, 0.1) is 14.9 Å². The molecule has 10 heteroatoms. The fraction of sp³-hybridized carbons (Fsp3) is 0.222. The summed E-state index contributed by atoms with van der Waals surface area (Å²) in [6.07, 6.45) is 3.57. The molecule has 0 aliphatic carbocycles.